The van der Waals surface area contributed by atoms with Crippen molar-refractivity contribution >= 4 is 5.97 Å². The number of hydrogen-bond donors (Lipinski definition) is 0. The monoisotopic (exact) mass is 247 g/mol. The quantitative estimate of drug-likeness (QED) is 0.744. The summed E-state index contributed by atoms with van der Waals surface area (Å²) in [6, 6.07) is 0. The standard InChI is InChI=1S/C11H13N5O2/c1-4-18-11(17)9-14-10(16(3)15-9)8-6-12-7(2)5-13-8/h5-6H,4H2,1-3H3. The summed E-state index contributed by atoms with van der Waals surface area (Å²) < 4.78 is 6.32. The molecular formula is C11H13N5O2. The van der Waals surface area contributed by atoms with Crippen molar-refractivity contribution in [3.63, 3.8) is 0 Å². The summed E-state index contributed by atoms with van der Waals surface area (Å²) in [7, 11) is 1.69. The van der Waals surface area contributed by atoms with Gasteiger partial charge in [-0.2, -0.15) is 4.98 Å². The van der Waals surface area contributed by atoms with Crippen molar-refractivity contribution in [2.24, 2.45) is 7.05 Å². The third kappa shape index (κ3) is 2.34. The summed E-state index contributed by atoms with van der Waals surface area (Å²) in [6.45, 7) is 3.86. The van der Waals surface area contributed by atoms with Crippen LogP contribution in [-0.4, -0.2) is 37.3 Å². The normalized spacial score (nSPS) is 10.4. The van der Waals surface area contributed by atoms with Crippen molar-refractivity contribution in [2.45, 2.75) is 13.8 Å². The van der Waals surface area contributed by atoms with Crippen molar-refractivity contribution < 1.29 is 9.53 Å². The third-order valence-electron chi connectivity index (χ3n) is 2.23. The van der Waals surface area contributed by atoms with E-state index in [1.807, 2.05) is 6.92 Å². The summed E-state index contributed by atoms with van der Waals surface area (Å²) in [5.41, 5.74) is 1.37. The predicted octanol–water partition coefficient (Wildman–Crippen LogP) is 0.757. The van der Waals surface area contributed by atoms with Crippen molar-refractivity contribution in [3.8, 4) is 11.5 Å². The Balaban J connectivity index is 2.34. The van der Waals surface area contributed by atoms with Crippen molar-refractivity contribution in [2.75, 3.05) is 6.61 Å². The van der Waals surface area contributed by atoms with Crippen LogP contribution < -0.4 is 0 Å². The van der Waals surface area contributed by atoms with Crippen LogP contribution in [0.15, 0.2) is 12.4 Å². The highest BCUT2D eigenvalue weighted by atomic mass is 16.5. The maximum absolute atomic E-state index is 11.5. The summed E-state index contributed by atoms with van der Waals surface area (Å²) >= 11 is 0. The summed E-state index contributed by atoms with van der Waals surface area (Å²) in [4.78, 5) is 23.9. The molecule has 94 valence electrons. The highest BCUT2D eigenvalue weighted by Crippen LogP contribution is 2.12. The minimum absolute atomic E-state index is 0.0247. The van der Waals surface area contributed by atoms with Crippen LogP contribution in [0.3, 0.4) is 0 Å². The molecule has 0 aliphatic carbocycles. The molecule has 0 aliphatic rings. The molecule has 0 spiro atoms. The molecule has 0 amide bonds. The number of ether oxygens (including phenoxy) is 1. The molecule has 0 saturated carbocycles. The summed E-state index contributed by atoms with van der Waals surface area (Å²) in [6.07, 6.45) is 3.22. The van der Waals surface area contributed by atoms with E-state index in [1.165, 1.54) is 4.68 Å². The number of nitrogens with zero attached hydrogens (tertiary/aromatic N) is 5. The van der Waals surface area contributed by atoms with Gasteiger partial charge in [0.1, 0.15) is 5.69 Å². The van der Waals surface area contributed by atoms with Crippen LogP contribution in [0.25, 0.3) is 11.5 Å². The van der Waals surface area contributed by atoms with E-state index in [2.05, 4.69) is 20.1 Å². The number of carbonyl (C=O) groups excluding carboxylic acids is 1. The number of carbonyl (C=O) groups is 1. The minimum Gasteiger partial charge on any atom is -0.460 e. The van der Waals surface area contributed by atoms with Gasteiger partial charge in [0.05, 0.1) is 18.5 Å². The highest BCUT2D eigenvalue weighted by molar-refractivity contribution is 5.85. The fourth-order valence-corrected chi connectivity index (χ4v) is 1.40. The molecule has 2 aromatic rings. The first-order chi connectivity index (χ1) is 8.61. The molecule has 18 heavy (non-hydrogen) atoms. The predicted molar refractivity (Wildman–Crippen MR) is 62.7 cm³/mol. The van der Waals surface area contributed by atoms with Gasteiger partial charge >= 0.3 is 5.97 Å². The lowest BCUT2D eigenvalue weighted by Gasteiger charge is -1.98. The second kappa shape index (κ2) is 4.91. The van der Waals surface area contributed by atoms with Gasteiger partial charge in [-0.15, -0.1) is 5.10 Å². The summed E-state index contributed by atoms with van der Waals surface area (Å²) in [5.74, 6) is -0.0401. The smallest absolute Gasteiger partial charge is 0.378 e. The number of esters is 1. The van der Waals surface area contributed by atoms with Gasteiger partial charge in [-0.25, -0.2) is 14.5 Å². The van der Waals surface area contributed by atoms with Crippen LogP contribution in [0.5, 0.6) is 0 Å². The molecule has 7 nitrogen and oxygen atoms in total. The van der Waals surface area contributed by atoms with E-state index in [4.69, 9.17) is 4.74 Å². The Morgan fingerprint density at radius 2 is 2.17 bits per heavy atom. The average Bonchev–Trinajstić information content (AvgIpc) is 2.73. The van der Waals surface area contributed by atoms with E-state index in [0.717, 1.165) is 5.69 Å². The van der Waals surface area contributed by atoms with Crippen molar-refractivity contribution in [1.29, 1.82) is 0 Å². The molecule has 0 radical (unpaired) electrons. The number of aryl methyl sites for hydroxylation is 2. The zero-order chi connectivity index (χ0) is 13.1. The van der Waals surface area contributed by atoms with E-state index in [1.54, 1.807) is 26.4 Å². The van der Waals surface area contributed by atoms with Crippen LogP contribution in [-0.2, 0) is 11.8 Å². The second-order valence-corrected chi connectivity index (χ2v) is 3.65. The van der Waals surface area contributed by atoms with Gasteiger partial charge in [-0.05, 0) is 13.8 Å². The van der Waals surface area contributed by atoms with Gasteiger partial charge in [0.2, 0.25) is 0 Å². The zero-order valence-electron chi connectivity index (χ0n) is 10.4. The molecule has 2 heterocycles. The van der Waals surface area contributed by atoms with Gasteiger partial charge in [0.25, 0.3) is 5.82 Å². The molecule has 0 aliphatic heterocycles. The highest BCUT2D eigenvalue weighted by Gasteiger charge is 2.17. The Labute approximate surface area is 104 Å². The maximum Gasteiger partial charge on any atom is 0.378 e. The first-order valence-corrected chi connectivity index (χ1v) is 5.49. The Morgan fingerprint density at radius 3 is 2.78 bits per heavy atom. The fraction of sp³-hybridized carbons (Fsp3) is 0.364. The van der Waals surface area contributed by atoms with Crippen molar-refractivity contribution in [3.05, 3.63) is 23.9 Å². The van der Waals surface area contributed by atoms with Gasteiger partial charge in [0.15, 0.2) is 5.82 Å². The Morgan fingerprint density at radius 1 is 1.39 bits per heavy atom. The van der Waals surface area contributed by atoms with E-state index >= 15 is 0 Å². The third-order valence-corrected chi connectivity index (χ3v) is 2.23. The molecule has 0 unspecified atom stereocenters. The van der Waals surface area contributed by atoms with E-state index in [9.17, 15) is 4.79 Å². The fourth-order valence-electron chi connectivity index (χ4n) is 1.40. The van der Waals surface area contributed by atoms with Gasteiger partial charge in [-0.3, -0.25) is 4.98 Å². The number of hydrogen-bond acceptors (Lipinski definition) is 6. The van der Waals surface area contributed by atoms with Crippen LogP contribution in [0, 0.1) is 6.92 Å². The first kappa shape index (κ1) is 12.2. The number of rotatable bonds is 3. The average molecular weight is 247 g/mol. The lowest BCUT2D eigenvalue weighted by molar-refractivity contribution is 0.0512. The molecule has 2 aromatic heterocycles. The molecule has 2 rings (SSSR count). The number of aromatic nitrogens is 5. The minimum atomic E-state index is -0.542. The van der Waals surface area contributed by atoms with Crippen LogP contribution in [0.1, 0.15) is 23.2 Å². The van der Waals surface area contributed by atoms with Crippen molar-refractivity contribution in [1.82, 2.24) is 24.7 Å². The van der Waals surface area contributed by atoms with Crippen LogP contribution >= 0.6 is 0 Å². The SMILES string of the molecule is CCOC(=O)c1nc(-c2cnc(C)cn2)n(C)n1. The van der Waals surface area contributed by atoms with Gasteiger partial charge in [-0.1, -0.05) is 0 Å². The molecule has 7 heteroatoms. The lowest BCUT2D eigenvalue weighted by atomic mass is 10.4. The molecule has 0 saturated heterocycles. The Hall–Kier alpha value is -2.31. The summed E-state index contributed by atoms with van der Waals surface area (Å²) in [5, 5.41) is 3.99. The van der Waals surface area contributed by atoms with E-state index < -0.39 is 5.97 Å². The molecule has 0 bridgehead atoms. The first-order valence-electron chi connectivity index (χ1n) is 5.49. The maximum atomic E-state index is 11.5. The largest absolute Gasteiger partial charge is 0.460 e. The van der Waals surface area contributed by atoms with E-state index in [-0.39, 0.29) is 12.4 Å². The molecule has 0 aromatic carbocycles. The lowest BCUT2D eigenvalue weighted by Crippen LogP contribution is -2.07. The second-order valence-electron chi connectivity index (χ2n) is 3.65. The van der Waals surface area contributed by atoms with E-state index in [0.29, 0.717) is 11.5 Å². The Kier molecular flexibility index (Phi) is 3.31. The Bertz CT molecular complexity index is 561. The molecule has 0 N–H and O–H groups in total. The molecule has 0 atom stereocenters. The van der Waals surface area contributed by atoms with Crippen LogP contribution in [0.4, 0.5) is 0 Å². The van der Waals surface area contributed by atoms with Gasteiger partial charge in [0, 0.05) is 13.2 Å². The molecule has 0 fully saturated rings. The zero-order valence-corrected chi connectivity index (χ0v) is 10.4. The van der Waals surface area contributed by atoms with Gasteiger partial charge < -0.3 is 4.74 Å². The molecular weight excluding hydrogens is 234 g/mol. The van der Waals surface area contributed by atoms with Crippen LogP contribution in [0.2, 0.25) is 0 Å². The topological polar surface area (TPSA) is 82.8 Å².